The van der Waals surface area contributed by atoms with E-state index in [0.717, 1.165) is 21.2 Å². The number of aryl methyl sites for hydroxylation is 2. The molecule has 7 heteroatoms. The van der Waals surface area contributed by atoms with E-state index in [4.69, 9.17) is 21.1 Å². The largest absolute Gasteiger partial charge is 0.490 e. The summed E-state index contributed by atoms with van der Waals surface area (Å²) in [6.07, 6.45) is 1.48. The van der Waals surface area contributed by atoms with Gasteiger partial charge in [0.05, 0.1) is 11.6 Å². The van der Waals surface area contributed by atoms with Crippen LogP contribution in [0.15, 0.2) is 64.6 Å². The van der Waals surface area contributed by atoms with Gasteiger partial charge in [0.25, 0.3) is 5.91 Å². The van der Waals surface area contributed by atoms with Crippen LogP contribution in [0.5, 0.6) is 11.5 Å². The summed E-state index contributed by atoms with van der Waals surface area (Å²) in [6.45, 7) is 6.37. The van der Waals surface area contributed by atoms with Crippen LogP contribution >= 0.6 is 27.5 Å². The number of nitriles is 1. The van der Waals surface area contributed by atoms with Crippen LogP contribution < -0.4 is 14.8 Å². The molecule has 0 atom stereocenters. The summed E-state index contributed by atoms with van der Waals surface area (Å²) in [6, 6.07) is 18.8. The number of rotatable bonds is 8. The summed E-state index contributed by atoms with van der Waals surface area (Å²) in [5.74, 6) is 0.329. The zero-order valence-electron chi connectivity index (χ0n) is 19.1. The van der Waals surface area contributed by atoms with Crippen LogP contribution in [0.2, 0.25) is 5.02 Å². The molecule has 0 aliphatic rings. The third kappa shape index (κ3) is 6.40. The topological polar surface area (TPSA) is 71.3 Å². The predicted molar refractivity (Wildman–Crippen MR) is 139 cm³/mol. The average molecular weight is 540 g/mol. The van der Waals surface area contributed by atoms with Gasteiger partial charge < -0.3 is 14.8 Å². The Balaban J connectivity index is 1.87. The second-order valence-electron chi connectivity index (χ2n) is 7.59. The van der Waals surface area contributed by atoms with E-state index in [1.165, 1.54) is 6.08 Å². The standard InChI is InChI=1S/C27H24BrClN2O3/c1-4-33-25-14-19(13-23(29)26(25)34-16-20-7-5-6-8-22(20)28)12-21(15-30)27(32)31-24-11-17(2)9-10-18(24)3/h5-14H,4,16H2,1-3H3,(H,31,32)/b21-12+. The Morgan fingerprint density at radius 1 is 1.15 bits per heavy atom. The first-order chi connectivity index (χ1) is 16.3. The van der Waals surface area contributed by atoms with Gasteiger partial charge in [0, 0.05) is 15.7 Å². The number of amides is 1. The first-order valence-electron chi connectivity index (χ1n) is 10.6. The number of hydrogen-bond acceptors (Lipinski definition) is 4. The number of hydrogen-bond donors (Lipinski definition) is 1. The number of benzene rings is 3. The molecule has 0 saturated heterocycles. The van der Waals surface area contributed by atoms with E-state index in [2.05, 4.69) is 21.2 Å². The lowest BCUT2D eigenvalue weighted by molar-refractivity contribution is -0.112. The zero-order chi connectivity index (χ0) is 24.7. The van der Waals surface area contributed by atoms with Gasteiger partial charge in [0.2, 0.25) is 0 Å². The number of halogens is 2. The van der Waals surface area contributed by atoms with E-state index in [9.17, 15) is 10.1 Å². The van der Waals surface area contributed by atoms with Gasteiger partial charge >= 0.3 is 0 Å². The Morgan fingerprint density at radius 3 is 2.62 bits per heavy atom. The predicted octanol–water partition coefficient (Wildman–Crippen LogP) is 7.24. The Morgan fingerprint density at radius 2 is 1.91 bits per heavy atom. The molecular formula is C27H24BrClN2O3. The van der Waals surface area contributed by atoms with Gasteiger partial charge in [-0.05, 0) is 67.8 Å². The van der Waals surface area contributed by atoms with Gasteiger partial charge in [-0.2, -0.15) is 5.26 Å². The van der Waals surface area contributed by atoms with Crippen molar-refractivity contribution in [3.8, 4) is 17.6 Å². The van der Waals surface area contributed by atoms with Crippen molar-refractivity contribution in [3.05, 3.63) is 91.9 Å². The van der Waals surface area contributed by atoms with Gasteiger partial charge in [0.1, 0.15) is 18.2 Å². The molecule has 5 nitrogen and oxygen atoms in total. The molecule has 0 radical (unpaired) electrons. The van der Waals surface area contributed by atoms with Crippen molar-refractivity contribution in [1.29, 1.82) is 5.26 Å². The first kappa shape index (κ1) is 25.4. The number of ether oxygens (including phenoxy) is 2. The summed E-state index contributed by atoms with van der Waals surface area (Å²) in [5, 5.41) is 12.7. The van der Waals surface area contributed by atoms with E-state index >= 15 is 0 Å². The molecule has 174 valence electrons. The van der Waals surface area contributed by atoms with Crippen molar-refractivity contribution in [2.24, 2.45) is 0 Å². The van der Waals surface area contributed by atoms with Crippen molar-refractivity contribution in [2.75, 3.05) is 11.9 Å². The maximum atomic E-state index is 12.8. The molecule has 34 heavy (non-hydrogen) atoms. The molecule has 0 heterocycles. The fraction of sp³-hybridized carbons (Fsp3) is 0.185. The van der Waals surface area contributed by atoms with Gasteiger partial charge in [-0.3, -0.25) is 4.79 Å². The monoisotopic (exact) mass is 538 g/mol. The van der Waals surface area contributed by atoms with Gasteiger partial charge in [-0.25, -0.2) is 0 Å². The lowest BCUT2D eigenvalue weighted by atomic mass is 10.1. The third-order valence-electron chi connectivity index (χ3n) is 4.98. The Bertz CT molecular complexity index is 1280. The van der Waals surface area contributed by atoms with Crippen LogP contribution in [0.1, 0.15) is 29.2 Å². The minimum atomic E-state index is -0.500. The van der Waals surface area contributed by atoms with Crippen LogP contribution in [0.4, 0.5) is 5.69 Å². The normalized spacial score (nSPS) is 11.0. The quantitative estimate of drug-likeness (QED) is 0.242. The number of nitrogens with zero attached hydrogens (tertiary/aromatic N) is 1. The molecule has 0 aliphatic carbocycles. The van der Waals surface area contributed by atoms with E-state index in [0.29, 0.717) is 34.4 Å². The van der Waals surface area contributed by atoms with E-state index in [1.54, 1.807) is 12.1 Å². The van der Waals surface area contributed by atoms with Gasteiger partial charge in [0.15, 0.2) is 11.5 Å². The molecule has 3 aromatic rings. The second-order valence-corrected chi connectivity index (χ2v) is 8.85. The summed E-state index contributed by atoms with van der Waals surface area (Å²) < 4.78 is 12.6. The summed E-state index contributed by atoms with van der Waals surface area (Å²) in [4.78, 5) is 12.8. The van der Waals surface area contributed by atoms with E-state index in [1.807, 2.05) is 69.3 Å². The fourth-order valence-electron chi connectivity index (χ4n) is 3.22. The molecule has 0 spiro atoms. The van der Waals surface area contributed by atoms with Crippen LogP contribution in [0.25, 0.3) is 6.08 Å². The number of nitrogens with one attached hydrogen (secondary N) is 1. The number of anilines is 1. The van der Waals surface area contributed by atoms with Crippen molar-refractivity contribution < 1.29 is 14.3 Å². The van der Waals surface area contributed by atoms with Crippen LogP contribution in [-0.2, 0) is 11.4 Å². The molecule has 0 unspecified atom stereocenters. The highest BCUT2D eigenvalue weighted by Gasteiger charge is 2.16. The van der Waals surface area contributed by atoms with Crippen molar-refractivity contribution in [1.82, 2.24) is 0 Å². The fourth-order valence-corrected chi connectivity index (χ4v) is 3.89. The average Bonchev–Trinajstić information content (AvgIpc) is 2.80. The minimum Gasteiger partial charge on any atom is -0.490 e. The maximum absolute atomic E-state index is 12.8. The molecule has 0 bridgehead atoms. The summed E-state index contributed by atoms with van der Waals surface area (Å²) in [7, 11) is 0. The van der Waals surface area contributed by atoms with Crippen molar-refractivity contribution >= 4 is 45.2 Å². The molecule has 1 N–H and O–H groups in total. The summed E-state index contributed by atoms with van der Waals surface area (Å²) in [5.41, 5.74) is 4.03. The van der Waals surface area contributed by atoms with Gasteiger partial charge in [-0.1, -0.05) is 57.9 Å². The Kier molecular flexibility index (Phi) is 8.75. The second kappa shape index (κ2) is 11.7. The summed E-state index contributed by atoms with van der Waals surface area (Å²) >= 11 is 10.0. The highest BCUT2D eigenvalue weighted by Crippen LogP contribution is 2.38. The van der Waals surface area contributed by atoms with Crippen molar-refractivity contribution in [2.45, 2.75) is 27.4 Å². The Labute approximate surface area is 213 Å². The van der Waals surface area contributed by atoms with E-state index < -0.39 is 5.91 Å². The molecule has 0 saturated carbocycles. The Hall–Kier alpha value is -3.27. The molecule has 1 amide bonds. The SMILES string of the molecule is CCOc1cc(/C=C(\C#N)C(=O)Nc2cc(C)ccc2C)cc(Cl)c1OCc1ccccc1Br. The zero-order valence-corrected chi connectivity index (χ0v) is 21.5. The highest BCUT2D eigenvalue weighted by molar-refractivity contribution is 9.10. The lowest BCUT2D eigenvalue weighted by Crippen LogP contribution is -2.14. The van der Waals surface area contributed by atoms with Gasteiger partial charge in [-0.15, -0.1) is 0 Å². The number of carbonyl (C=O) groups is 1. The lowest BCUT2D eigenvalue weighted by Gasteiger charge is -2.15. The molecule has 0 fully saturated rings. The first-order valence-corrected chi connectivity index (χ1v) is 11.8. The third-order valence-corrected chi connectivity index (χ3v) is 6.03. The molecule has 0 aliphatic heterocycles. The maximum Gasteiger partial charge on any atom is 0.266 e. The van der Waals surface area contributed by atoms with Crippen LogP contribution in [-0.4, -0.2) is 12.5 Å². The van der Waals surface area contributed by atoms with E-state index in [-0.39, 0.29) is 12.2 Å². The molecule has 3 aromatic carbocycles. The molecular weight excluding hydrogens is 516 g/mol. The van der Waals surface area contributed by atoms with Crippen LogP contribution in [0, 0.1) is 25.2 Å². The smallest absolute Gasteiger partial charge is 0.266 e. The number of carbonyl (C=O) groups excluding carboxylic acids is 1. The molecule has 3 rings (SSSR count). The van der Waals surface area contributed by atoms with Crippen LogP contribution in [0.3, 0.4) is 0 Å². The molecule has 0 aromatic heterocycles. The van der Waals surface area contributed by atoms with Crippen molar-refractivity contribution in [3.63, 3.8) is 0 Å². The minimum absolute atomic E-state index is 0.0543. The highest BCUT2D eigenvalue weighted by atomic mass is 79.9.